The maximum absolute atomic E-state index is 11.7. The Morgan fingerprint density at radius 3 is 3.00 bits per heavy atom. The third kappa shape index (κ3) is 1.13. The van der Waals surface area contributed by atoms with Gasteiger partial charge in [-0.1, -0.05) is 12.1 Å². The molecule has 0 saturated heterocycles. The number of aryl methyl sites for hydroxylation is 1. The lowest BCUT2D eigenvalue weighted by molar-refractivity contribution is -0.112. The number of carbonyl (C=O) groups excluding carboxylic acids is 1. The van der Waals surface area contributed by atoms with E-state index in [1.54, 1.807) is 6.92 Å². The number of benzene rings is 1. The number of nitrogens with zero attached hydrogens (tertiary/aromatic N) is 2. The lowest BCUT2D eigenvalue weighted by Gasteiger charge is -2.07. The highest BCUT2D eigenvalue weighted by Crippen LogP contribution is 2.17. The van der Waals surface area contributed by atoms with E-state index in [9.17, 15) is 4.79 Å². The number of hydrogen-bond donors (Lipinski definition) is 0. The fraction of sp³-hybridized carbons (Fsp3) is 0.250. The van der Waals surface area contributed by atoms with Gasteiger partial charge >= 0.3 is 0 Å². The standard InChI is InChI=1S/C12H10N2O2/c1-6-4-3-5-8-9(6)14-12(15)10-11(8)16-7(2)13-10/h3-5,7H,1-2H3. The van der Waals surface area contributed by atoms with Gasteiger partial charge in [0.2, 0.25) is 0 Å². The Balaban J connectivity index is 2.47. The van der Waals surface area contributed by atoms with Crippen LogP contribution in [0.1, 0.15) is 12.5 Å². The first-order valence-electron chi connectivity index (χ1n) is 5.14. The minimum Gasteiger partial charge on any atom is -0.466 e. The van der Waals surface area contributed by atoms with Gasteiger partial charge in [-0.25, -0.2) is 9.98 Å². The normalized spacial score (nSPS) is 21.9. The van der Waals surface area contributed by atoms with Gasteiger partial charge in [-0.2, -0.15) is 0 Å². The smallest absolute Gasteiger partial charge is 0.299 e. The van der Waals surface area contributed by atoms with Gasteiger partial charge in [0.05, 0.1) is 5.36 Å². The van der Waals surface area contributed by atoms with Crippen LogP contribution in [-0.4, -0.2) is 17.8 Å². The van der Waals surface area contributed by atoms with Crippen molar-refractivity contribution in [2.24, 2.45) is 9.98 Å². The molecule has 2 aliphatic rings. The lowest BCUT2D eigenvalue weighted by atomic mass is 10.1. The molecule has 1 amide bonds. The number of aliphatic imine (C=N–C) groups is 1. The molecule has 1 unspecified atom stereocenters. The summed E-state index contributed by atoms with van der Waals surface area (Å²) in [5.41, 5.74) is 1.33. The summed E-state index contributed by atoms with van der Waals surface area (Å²) in [7, 11) is 0. The number of ether oxygens (including phenoxy) is 1. The van der Waals surface area contributed by atoms with E-state index >= 15 is 0 Å². The van der Waals surface area contributed by atoms with Gasteiger partial charge in [-0.05, 0) is 25.5 Å². The Bertz CT molecular complexity index is 643. The SMILES string of the molecule is Cc1cccc2c1=NC(=O)C1=NC(C)OC=21. The summed E-state index contributed by atoms with van der Waals surface area (Å²) in [6.45, 7) is 3.73. The molecule has 80 valence electrons. The molecule has 1 aromatic carbocycles. The van der Waals surface area contributed by atoms with E-state index in [1.165, 1.54) is 0 Å². The largest absolute Gasteiger partial charge is 0.466 e. The Hall–Kier alpha value is -1.97. The van der Waals surface area contributed by atoms with Gasteiger partial charge in [-0.3, -0.25) is 4.79 Å². The van der Waals surface area contributed by atoms with Gasteiger partial charge < -0.3 is 4.74 Å². The zero-order chi connectivity index (χ0) is 11.3. The van der Waals surface area contributed by atoms with Crippen molar-refractivity contribution in [2.75, 3.05) is 0 Å². The zero-order valence-corrected chi connectivity index (χ0v) is 9.02. The molecule has 4 nitrogen and oxygen atoms in total. The molecule has 0 aliphatic carbocycles. The molecule has 1 aromatic rings. The Morgan fingerprint density at radius 2 is 2.19 bits per heavy atom. The molecule has 0 bridgehead atoms. The van der Waals surface area contributed by atoms with Gasteiger partial charge in [0, 0.05) is 5.22 Å². The molecule has 0 N–H and O–H groups in total. The van der Waals surface area contributed by atoms with Crippen molar-refractivity contribution in [3.63, 3.8) is 0 Å². The van der Waals surface area contributed by atoms with Crippen LogP contribution in [-0.2, 0) is 9.53 Å². The van der Waals surface area contributed by atoms with E-state index in [0.29, 0.717) is 16.8 Å². The van der Waals surface area contributed by atoms with E-state index in [0.717, 1.165) is 10.8 Å². The fourth-order valence-corrected chi connectivity index (χ4v) is 1.98. The number of carbonyl (C=O) groups is 1. The molecular formula is C12H10N2O2. The third-order valence-corrected chi connectivity index (χ3v) is 2.71. The highest BCUT2D eigenvalue weighted by atomic mass is 16.5. The Labute approximate surface area is 92.0 Å². The molecule has 2 heterocycles. The molecule has 4 heteroatoms. The maximum Gasteiger partial charge on any atom is 0.299 e. The fourth-order valence-electron chi connectivity index (χ4n) is 1.98. The van der Waals surface area contributed by atoms with E-state index in [2.05, 4.69) is 9.98 Å². The molecule has 1 atom stereocenters. The van der Waals surface area contributed by atoms with Crippen LogP contribution < -0.4 is 10.6 Å². The number of amides is 1. The number of hydrogen-bond acceptors (Lipinski definition) is 3. The van der Waals surface area contributed by atoms with Crippen LogP contribution in [0.4, 0.5) is 0 Å². The van der Waals surface area contributed by atoms with Crippen LogP contribution in [0.3, 0.4) is 0 Å². The van der Waals surface area contributed by atoms with E-state index in [4.69, 9.17) is 4.74 Å². The topological polar surface area (TPSA) is 51.0 Å². The predicted molar refractivity (Wildman–Crippen MR) is 58.4 cm³/mol. The van der Waals surface area contributed by atoms with Gasteiger partial charge in [-0.15, -0.1) is 0 Å². The monoisotopic (exact) mass is 214 g/mol. The second-order valence-electron chi connectivity index (χ2n) is 3.91. The van der Waals surface area contributed by atoms with Gasteiger partial charge in [0.25, 0.3) is 5.91 Å². The Kier molecular flexibility index (Phi) is 1.74. The summed E-state index contributed by atoms with van der Waals surface area (Å²) in [6, 6.07) is 5.76. The number of para-hydroxylation sites is 1. The van der Waals surface area contributed by atoms with Gasteiger partial charge in [0.1, 0.15) is 0 Å². The summed E-state index contributed by atoms with van der Waals surface area (Å²) in [4.78, 5) is 19.9. The second-order valence-corrected chi connectivity index (χ2v) is 3.91. The first-order chi connectivity index (χ1) is 7.66. The zero-order valence-electron chi connectivity index (χ0n) is 9.02. The summed E-state index contributed by atoms with van der Waals surface area (Å²) >= 11 is 0. The quantitative estimate of drug-likeness (QED) is 0.614. The van der Waals surface area contributed by atoms with Crippen molar-refractivity contribution >= 4 is 17.4 Å². The van der Waals surface area contributed by atoms with Crippen LogP contribution in [0.25, 0.3) is 5.76 Å². The van der Waals surface area contributed by atoms with Crippen molar-refractivity contribution < 1.29 is 9.53 Å². The van der Waals surface area contributed by atoms with Crippen LogP contribution in [0, 0.1) is 6.92 Å². The first-order valence-corrected chi connectivity index (χ1v) is 5.14. The van der Waals surface area contributed by atoms with E-state index in [-0.39, 0.29) is 12.1 Å². The van der Waals surface area contributed by atoms with Crippen LogP contribution in [0.2, 0.25) is 0 Å². The molecule has 0 aromatic heterocycles. The van der Waals surface area contributed by atoms with Crippen LogP contribution >= 0.6 is 0 Å². The summed E-state index contributed by atoms with van der Waals surface area (Å²) < 4.78 is 5.55. The molecule has 0 saturated carbocycles. The molecule has 2 aliphatic heterocycles. The summed E-state index contributed by atoms with van der Waals surface area (Å²) in [5, 5.41) is 1.57. The van der Waals surface area contributed by atoms with Crippen molar-refractivity contribution in [1.82, 2.24) is 0 Å². The number of rotatable bonds is 0. The molecule has 0 spiro atoms. The second kappa shape index (κ2) is 3.01. The van der Waals surface area contributed by atoms with E-state index in [1.807, 2.05) is 25.1 Å². The van der Waals surface area contributed by atoms with Crippen LogP contribution in [0.15, 0.2) is 28.2 Å². The first kappa shape index (κ1) is 9.27. The highest BCUT2D eigenvalue weighted by molar-refractivity contribution is 6.54. The van der Waals surface area contributed by atoms with Crippen molar-refractivity contribution in [3.05, 3.63) is 34.3 Å². The number of fused-ring (bicyclic) bond motifs is 2. The van der Waals surface area contributed by atoms with Gasteiger partial charge in [0.15, 0.2) is 17.7 Å². The van der Waals surface area contributed by atoms with Crippen LogP contribution in [0.5, 0.6) is 0 Å². The average molecular weight is 214 g/mol. The maximum atomic E-state index is 11.7. The Morgan fingerprint density at radius 1 is 1.38 bits per heavy atom. The average Bonchev–Trinajstić information content (AvgIpc) is 2.63. The predicted octanol–water partition coefficient (Wildman–Crippen LogP) is 0.0802. The molecule has 0 radical (unpaired) electrons. The summed E-state index contributed by atoms with van der Waals surface area (Å²) in [5.74, 6) is 0.271. The van der Waals surface area contributed by atoms with Crippen molar-refractivity contribution in [1.29, 1.82) is 0 Å². The molecule has 16 heavy (non-hydrogen) atoms. The third-order valence-electron chi connectivity index (χ3n) is 2.71. The minimum absolute atomic E-state index is 0.296. The molecule has 0 fully saturated rings. The minimum atomic E-state index is -0.304. The van der Waals surface area contributed by atoms with Crippen molar-refractivity contribution in [2.45, 2.75) is 20.1 Å². The van der Waals surface area contributed by atoms with Crippen molar-refractivity contribution in [3.8, 4) is 0 Å². The lowest BCUT2D eigenvalue weighted by Crippen LogP contribution is -2.38. The molecule has 3 rings (SSSR count). The summed E-state index contributed by atoms with van der Waals surface area (Å²) in [6.07, 6.45) is -0.296. The van der Waals surface area contributed by atoms with E-state index < -0.39 is 0 Å². The molecular weight excluding hydrogens is 204 g/mol. The highest BCUT2D eigenvalue weighted by Gasteiger charge is 2.30.